The Labute approximate surface area is 224 Å². The van der Waals surface area contributed by atoms with Crippen LogP contribution in [0.25, 0.3) is 11.3 Å². The molecule has 12 heteroatoms. The van der Waals surface area contributed by atoms with Gasteiger partial charge in [-0.15, -0.1) is 0 Å². The normalized spacial score (nSPS) is 15.9. The highest BCUT2D eigenvalue weighted by molar-refractivity contribution is 7.92. The molecular formula is C27H28F3N3O5S. The van der Waals surface area contributed by atoms with Crippen LogP contribution in [-0.4, -0.2) is 51.2 Å². The van der Waals surface area contributed by atoms with E-state index >= 15 is 0 Å². The summed E-state index contributed by atoms with van der Waals surface area (Å²) in [6, 6.07) is 13.7. The van der Waals surface area contributed by atoms with Gasteiger partial charge in [0.15, 0.2) is 0 Å². The van der Waals surface area contributed by atoms with E-state index in [1.54, 1.807) is 30.3 Å². The predicted octanol–water partition coefficient (Wildman–Crippen LogP) is 5.29. The molecule has 1 atom stereocenters. The third kappa shape index (κ3) is 5.80. The van der Waals surface area contributed by atoms with Gasteiger partial charge in [0, 0.05) is 26.1 Å². The topological polar surface area (TPSA) is 100 Å². The van der Waals surface area contributed by atoms with Crippen LogP contribution in [-0.2, 0) is 21.0 Å². The molecular weight excluding hydrogens is 535 g/mol. The fraction of sp³-hybridized carbons (Fsp3) is 0.333. The van der Waals surface area contributed by atoms with Crippen LogP contribution in [0.1, 0.15) is 25.8 Å². The first-order chi connectivity index (χ1) is 18.1. The number of rotatable bonds is 7. The van der Waals surface area contributed by atoms with E-state index in [2.05, 4.69) is 4.98 Å². The van der Waals surface area contributed by atoms with Gasteiger partial charge < -0.3 is 14.7 Å². The van der Waals surface area contributed by atoms with Crippen LogP contribution in [0.15, 0.2) is 65.6 Å². The van der Waals surface area contributed by atoms with E-state index < -0.39 is 44.1 Å². The summed E-state index contributed by atoms with van der Waals surface area (Å²) in [5, 5.41) is 9.60. The van der Waals surface area contributed by atoms with Gasteiger partial charge in [0.25, 0.3) is 10.0 Å². The first kappa shape index (κ1) is 28.2. The zero-order valence-electron chi connectivity index (χ0n) is 21.7. The second-order valence-corrected chi connectivity index (χ2v) is 12.0. The summed E-state index contributed by atoms with van der Waals surface area (Å²) in [5.74, 6) is -0.257. The lowest BCUT2D eigenvalue weighted by Crippen LogP contribution is -2.46. The molecule has 2 heterocycles. The van der Waals surface area contributed by atoms with Gasteiger partial charge in [-0.1, -0.05) is 12.1 Å². The van der Waals surface area contributed by atoms with Crippen molar-refractivity contribution in [3.05, 3.63) is 66.2 Å². The van der Waals surface area contributed by atoms with Crippen LogP contribution in [0.5, 0.6) is 5.75 Å². The molecule has 0 saturated carbocycles. The number of halogens is 3. The maximum atomic E-state index is 13.8. The quantitative estimate of drug-likeness (QED) is 0.417. The van der Waals surface area contributed by atoms with Crippen molar-refractivity contribution < 1.29 is 36.2 Å². The van der Waals surface area contributed by atoms with E-state index in [0.717, 1.165) is 22.5 Å². The Balaban J connectivity index is 1.84. The van der Waals surface area contributed by atoms with E-state index in [1.165, 1.54) is 13.8 Å². The molecule has 2 aromatic carbocycles. The summed E-state index contributed by atoms with van der Waals surface area (Å²) >= 11 is 0. The van der Waals surface area contributed by atoms with E-state index in [9.17, 15) is 31.5 Å². The molecule has 8 nitrogen and oxygen atoms in total. The van der Waals surface area contributed by atoms with Gasteiger partial charge >= 0.3 is 12.1 Å². The van der Waals surface area contributed by atoms with Crippen LogP contribution in [0.3, 0.4) is 0 Å². The average Bonchev–Trinajstić information content (AvgIpc) is 2.87. The van der Waals surface area contributed by atoms with Crippen LogP contribution < -0.4 is 13.9 Å². The molecule has 1 aliphatic heterocycles. The minimum atomic E-state index is -4.74. The number of nitrogens with zero attached hydrogens (tertiary/aromatic N) is 3. The van der Waals surface area contributed by atoms with Crippen LogP contribution in [0.4, 0.5) is 24.7 Å². The molecule has 0 aliphatic carbocycles. The number of aromatic nitrogens is 1. The van der Waals surface area contributed by atoms with Crippen molar-refractivity contribution in [3.8, 4) is 17.0 Å². The molecule has 1 aromatic heterocycles. The second kappa shape index (κ2) is 10.1. The number of carboxylic acids is 1. The summed E-state index contributed by atoms with van der Waals surface area (Å²) in [7, 11) is -0.854. The first-order valence-electron chi connectivity index (χ1n) is 12.0. The molecule has 0 saturated heterocycles. The fourth-order valence-electron chi connectivity index (χ4n) is 4.25. The number of aliphatic carboxylic acids is 1. The Morgan fingerprint density at radius 3 is 2.44 bits per heavy atom. The fourth-order valence-corrected chi connectivity index (χ4v) is 5.80. The SMILES string of the molecule is CN(C)c1cccc(-c2ccc3c(c2)N(S(=O)(=O)c2cccc(C(F)(F)F)c2)C[C@H](CC(C)(C)C(=O)O)O3)n1. The largest absolute Gasteiger partial charge is 0.486 e. The summed E-state index contributed by atoms with van der Waals surface area (Å²) in [6.07, 6.45) is -5.64. The van der Waals surface area contributed by atoms with Gasteiger partial charge in [0.1, 0.15) is 17.7 Å². The molecule has 0 amide bonds. The molecule has 0 unspecified atom stereocenters. The van der Waals surface area contributed by atoms with Crippen molar-refractivity contribution in [1.82, 2.24) is 4.98 Å². The summed E-state index contributed by atoms with van der Waals surface area (Å²) < 4.78 is 74.9. The Bertz CT molecular complexity index is 1510. The van der Waals surface area contributed by atoms with Crippen molar-refractivity contribution in [1.29, 1.82) is 0 Å². The Kier molecular flexibility index (Phi) is 7.28. The molecule has 1 N–H and O–H groups in total. The van der Waals surface area contributed by atoms with E-state index in [4.69, 9.17) is 4.74 Å². The minimum absolute atomic E-state index is 0.0371. The molecule has 1 aliphatic rings. The zero-order valence-corrected chi connectivity index (χ0v) is 22.5. The monoisotopic (exact) mass is 563 g/mol. The molecule has 0 spiro atoms. The number of carbonyl (C=O) groups is 1. The standard InChI is InChI=1S/C27H28F3N3O5S/c1-26(2,25(34)35)15-19-16-33(39(36,37)20-8-5-7-18(14-20)27(28,29)30)22-13-17(11-12-23(22)38-19)21-9-6-10-24(31-21)32(3)4/h5-14,19H,15-16H2,1-4H3,(H,34,35)/t19-/m0/s1. The van der Waals surface area contributed by atoms with Gasteiger partial charge in [-0.3, -0.25) is 9.10 Å². The first-order valence-corrected chi connectivity index (χ1v) is 13.4. The molecule has 0 fully saturated rings. The van der Waals surface area contributed by atoms with E-state index in [1.807, 2.05) is 25.1 Å². The smallest absolute Gasteiger partial charge is 0.416 e. The lowest BCUT2D eigenvalue weighted by atomic mass is 9.86. The zero-order chi connectivity index (χ0) is 28.8. The lowest BCUT2D eigenvalue weighted by Gasteiger charge is -2.37. The van der Waals surface area contributed by atoms with Gasteiger partial charge in [-0.05, 0) is 62.4 Å². The van der Waals surface area contributed by atoms with Crippen molar-refractivity contribution in [2.45, 2.75) is 37.4 Å². The summed E-state index contributed by atoms with van der Waals surface area (Å²) in [4.78, 5) is 17.6. The number of sulfonamides is 1. The summed E-state index contributed by atoms with van der Waals surface area (Å²) in [6.45, 7) is 2.69. The third-order valence-corrected chi connectivity index (χ3v) is 8.22. The number of fused-ring (bicyclic) bond motifs is 1. The van der Waals surface area contributed by atoms with Crippen LogP contribution >= 0.6 is 0 Å². The maximum Gasteiger partial charge on any atom is 0.416 e. The number of ether oxygens (including phenoxy) is 1. The number of hydrogen-bond donors (Lipinski definition) is 1. The van der Waals surface area contributed by atoms with Gasteiger partial charge in [-0.25, -0.2) is 13.4 Å². The second-order valence-electron chi connectivity index (χ2n) is 10.2. The number of benzene rings is 2. The summed E-state index contributed by atoms with van der Waals surface area (Å²) in [5.41, 5.74) is -1.11. The highest BCUT2D eigenvalue weighted by atomic mass is 32.2. The Hall–Kier alpha value is -3.80. The minimum Gasteiger partial charge on any atom is -0.486 e. The van der Waals surface area contributed by atoms with Crippen molar-refractivity contribution >= 4 is 27.5 Å². The molecule has 3 aromatic rings. The van der Waals surface area contributed by atoms with Crippen molar-refractivity contribution in [2.75, 3.05) is 29.8 Å². The third-order valence-electron chi connectivity index (χ3n) is 6.45. The molecule has 0 bridgehead atoms. The number of hydrogen-bond acceptors (Lipinski definition) is 6. The predicted molar refractivity (Wildman–Crippen MR) is 140 cm³/mol. The number of anilines is 2. The Morgan fingerprint density at radius 2 is 1.79 bits per heavy atom. The van der Waals surface area contributed by atoms with Gasteiger partial charge in [0.05, 0.1) is 33.8 Å². The van der Waals surface area contributed by atoms with Gasteiger partial charge in [0.2, 0.25) is 0 Å². The Morgan fingerprint density at radius 1 is 1.10 bits per heavy atom. The van der Waals surface area contributed by atoms with E-state index in [0.29, 0.717) is 23.1 Å². The maximum absolute atomic E-state index is 13.8. The van der Waals surface area contributed by atoms with Crippen LogP contribution in [0, 0.1) is 5.41 Å². The van der Waals surface area contributed by atoms with Crippen LogP contribution in [0.2, 0.25) is 0 Å². The molecule has 208 valence electrons. The number of carboxylic acid groups (broad SMARTS) is 1. The highest BCUT2D eigenvalue weighted by Crippen LogP contribution is 2.42. The van der Waals surface area contributed by atoms with Crippen molar-refractivity contribution in [3.63, 3.8) is 0 Å². The van der Waals surface area contributed by atoms with Crippen molar-refractivity contribution in [2.24, 2.45) is 5.41 Å². The molecule has 39 heavy (non-hydrogen) atoms. The van der Waals surface area contributed by atoms with Gasteiger partial charge in [-0.2, -0.15) is 13.2 Å². The molecule has 4 rings (SSSR count). The highest BCUT2D eigenvalue weighted by Gasteiger charge is 2.40. The number of pyridine rings is 1. The van der Waals surface area contributed by atoms with E-state index in [-0.39, 0.29) is 24.4 Å². The average molecular weight is 564 g/mol. The molecule has 0 radical (unpaired) electrons. The lowest BCUT2D eigenvalue weighted by molar-refractivity contribution is -0.148. The number of alkyl halides is 3.